The van der Waals surface area contributed by atoms with Crippen molar-refractivity contribution in [1.82, 2.24) is 9.80 Å². The lowest BCUT2D eigenvalue weighted by atomic mass is 10.1. The second kappa shape index (κ2) is 7.44. The van der Waals surface area contributed by atoms with Crippen molar-refractivity contribution in [3.63, 3.8) is 0 Å². The minimum absolute atomic E-state index is 0.220. The maximum absolute atomic E-state index is 13.7. The molecule has 1 N–H and O–H groups in total. The van der Waals surface area contributed by atoms with Crippen LogP contribution in [0.25, 0.3) is 0 Å². The maximum atomic E-state index is 13.7. The minimum Gasteiger partial charge on any atom is -0.361 e. The standard InChI is InChI=1S/C19H21FN4O/c1-23-10-11-24(2)18(13-23)22-17-9-8-14(20)12-16(17)19(25)21-15-6-4-3-5-7-15/h3-9,12H,10-11,13H2,1-2H3,(H,21,25)/b22-18+. The average Bonchev–Trinajstić information content (AvgIpc) is 2.60. The quantitative estimate of drug-likeness (QED) is 0.934. The van der Waals surface area contributed by atoms with E-state index < -0.39 is 5.82 Å². The van der Waals surface area contributed by atoms with E-state index in [-0.39, 0.29) is 11.5 Å². The van der Waals surface area contributed by atoms with Gasteiger partial charge in [0.2, 0.25) is 0 Å². The van der Waals surface area contributed by atoms with Gasteiger partial charge >= 0.3 is 0 Å². The number of hydrogen-bond acceptors (Lipinski definition) is 3. The van der Waals surface area contributed by atoms with E-state index in [0.29, 0.717) is 17.9 Å². The van der Waals surface area contributed by atoms with Gasteiger partial charge in [-0.05, 0) is 37.4 Å². The second-order valence-corrected chi connectivity index (χ2v) is 6.17. The summed E-state index contributed by atoms with van der Waals surface area (Å²) in [5.41, 5.74) is 1.34. The Morgan fingerprint density at radius 3 is 2.64 bits per heavy atom. The molecule has 0 atom stereocenters. The fourth-order valence-electron chi connectivity index (χ4n) is 2.66. The third kappa shape index (κ3) is 4.22. The van der Waals surface area contributed by atoms with Crippen LogP contribution in [0, 0.1) is 5.82 Å². The second-order valence-electron chi connectivity index (χ2n) is 6.17. The van der Waals surface area contributed by atoms with Crippen LogP contribution in [0.4, 0.5) is 15.8 Å². The summed E-state index contributed by atoms with van der Waals surface area (Å²) in [6.07, 6.45) is 0. The molecule has 130 valence electrons. The van der Waals surface area contributed by atoms with Crippen LogP contribution < -0.4 is 5.32 Å². The monoisotopic (exact) mass is 340 g/mol. The SMILES string of the molecule is CN1CCN(C)/C(=N/c2ccc(F)cc2C(=O)Nc2ccccc2)C1. The van der Waals surface area contributed by atoms with Gasteiger partial charge in [-0.15, -0.1) is 0 Å². The van der Waals surface area contributed by atoms with Gasteiger partial charge in [0, 0.05) is 25.8 Å². The Labute approximate surface area is 146 Å². The van der Waals surface area contributed by atoms with Crippen LogP contribution in [0.2, 0.25) is 0 Å². The predicted octanol–water partition coefficient (Wildman–Crippen LogP) is 2.99. The average molecular weight is 340 g/mol. The fourth-order valence-corrected chi connectivity index (χ4v) is 2.66. The molecule has 25 heavy (non-hydrogen) atoms. The molecule has 1 aliphatic rings. The van der Waals surface area contributed by atoms with E-state index in [1.165, 1.54) is 12.1 Å². The molecule has 0 aliphatic carbocycles. The number of halogens is 1. The van der Waals surface area contributed by atoms with E-state index >= 15 is 0 Å². The molecule has 1 heterocycles. The number of piperazine rings is 1. The number of amidine groups is 1. The molecule has 3 rings (SSSR count). The Bertz CT molecular complexity index is 791. The number of anilines is 1. The van der Waals surface area contributed by atoms with Gasteiger partial charge in [-0.25, -0.2) is 9.38 Å². The first kappa shape index (κ1) is 17.1. The Morgan fingerprint density at radius 1 is 1.12 bits per heavy atom. The van der Waals surface area contributed by atoms with Gasteiger partial charge in [-0.1, -0.05) is 18.2 Å². The predicted molar refractivity (Wildman–Crippen MR) is 98.0 cm³/mol. The maximum Gasteiger partial charge on any atom is 0.257 e. The summed E-state index contributed by atoms with van der Waals surface area (Å²) in [5, 5.41) is 2.78. The van der Waals surface area contributed by atoms with Crippen molar-refractivity contribution in [2.24, 2.45) is 4.99 Å². The highest BCUT2D eigenvalue weighted by molar-refractivity contribution is 6.08. The molecule has 2 aromatic rings. The third-order valence-corrected chi connectivity index (χ3v) is 4.15. The Morgan fingerprint density at radius 2 is 1.88 bits per heavy atom. The van der Waals surface area contributed by atoms with E-state index in [9.17, 15) is 9.18 Å². The summed E-state index contributed by atoms with van der Waals surface area (Å²) in [7, 11) is 4.00. The Hall–Kier alpha value is -2.73. The highest BCUT2D eigenvalue weighted by Gasteiger charge is 2.19. The van der Waals surface area contributed by atoms with Gasteiger partial charge in [-0.2, -0.15) is 0 Å². The van der Waals surface area contributed by atoms with Crippen molar-refractivity contribution >= 4 is 23.1 Å². The number of para-hydroxylation sites is 1. The molecule has 0 saturated carbocycles. The molecule has 2 aromatic carbocycles. The molecule has 1 saturated heterocycles. The molecule has 1 aliphatic heterocycles. The van der Waals surface area contributed by atoms with Gasteiger partial charge in [0.05, 0.1) is 17.8 Å². The number of nitrogens with zero attached hydrogens (tertiary/aromatic N) is 3. The van der Waals surface area contributed by atoms with Crippen LogP contribution >= 0.6 is 0 Å². The topological polar surface area (TPSA) is 47.9 Å². The summed E-state index contributed by atoms with van der Waals surface area (Å²) < 4.78 is 13.7. The lowest BCUT2D eigenvalue weighted by molar-refractivity contribution is 0.102. The van der Waals surface area contributed by atoms with Crippen molar-refractivity contribution in [3.05, 3.63) is 59.9 Å². The summed E-state index contributed by atoms with van der Waals surface area (Å²) in [4.78, 5) is 21.4. The number of carbonyl (C=O) groups excluding carboxylic acids is 1. The number of hydrogen-bond donors (Lipinski definition) is 1. The number of likely N-dealkylation sites (N-methyl/N-ethyl adjacent to an activating group) is 2. The molecular formula is C19H21FN4O. The van der Waals surface area contributed by atoms with Crippen LogP contribution in [0.5, 0.6) is 0 Å². The molecule has 6 heteroatoms. The number of nitrogens with one attached hydrogen (secondary N) is 1. The van der Waals surface area contributed by atoms with Crippen molar-refractivity contribution < 1.29 is 9.18 Å². The van der Waals surface area contributed by atoms with Crippen LogP contribution in [0.15, 0.2) is 53.5 Å². The number of aliphatic imine (C=N–C) groups is 1. The molecule has 0 aromatic heterocycles. The van der Waals surface area contributed by atoms with Crippen molar-refractivity contribution in [3.8, 4) is 0 Å². The molecule has 0 spiro atoms. The van der Waals surface area contributed by atoms with Crippen molar-refractivity contribution in [2.75, 3.05) is 39.0 Å². The fraction of sp³-hybridized carbons (Fsp3) is 0.263. The number of rotatable bonds is 3. The first-order valence-electron chi connectivity index (χ1n) is 8.16. The summed E-state index contributed by atoms with van der Waals surface area (Å²) >= 11 is 0. The van der Waals surface area contributed by atoms with Crippen molar-refractivity contribution in [1.29, 1.82) is 0 Å². The van der Waals surface area contributed by atoms with Gasteiger partial charge in [0.25, 0.3) is 5.91 Å². The zero-order valence-corrected chi connectivity index (χ0v) is 14.4. The van der Waals surface area contributed by atoms with Crippen LogP contribution in [0.1, 0.15) is 10.4 Å². The van der Waals surface area contributed by atoms with Crippen molar-refractivity contribution in [2.45, 2.75) is 0 Å². The molecule has 1 amide bonds. The van der Waals surface area contributed by atoms with E-state index in [4.69, 9.17) is 0 Å². The molecule has 1 fully saturated rings. The van der Waals surface area contributed by atoms with Gasteiger partial charge < -0.3 is 10.2 Å². The van der Waals surface area contributed by atoms with Crippen LogP contribution in [-0.2, 0) is 0 Å². The van der Waals surface area contributed by atoms with Gasteiger partial charge in [-0.3, -0.25) is 9.69 Å². The lowest BCUT2D eigenvalue weighted by Crippen LogP contribution is -2.46. The first-order valence-corrected chi connectivity index (χ1v) is 8.16. The van der Waals surface area contributed by atoms with Crippen LogP contribution in [0.3, 0.4) is 0 Å². The number of carbonyl (C=O) groups is 1. The van der Waals surface area contributed by atoms with E-state index in [0.717, 1.165) is 18.9 Å². The molecule has 0 unspecified atom stereocenters. The molecule has 5 nitrogen and oxygen atoms in total. The highest BCUT2D eigenvalue weighted by atomic mass is 19.1. The first-order chi connectivity index (χ1) is 12.0. The van der Waals surface area contributed by atoms with E-state index in [2.05, 4.69) is 20.1 Å². The normalized spacial score (nSPS) is 16.9. The lowest BCUT2D eigenvalue weighted by Gasteiger charge is -2.32. The van der Waals surface area contributed by atoms with E-state index in [1.54, 1.807) is 18.2 Å². The third-order valence-electron chi connectivity index (χ3n) is 4.15. The summed E-state index contributed by atoms with van der Waals surface area (Å²) in [6, 6.07) is 13.2. The zero-order valence-electron chi connectivity index (χ0n) is 14.4. The Kier molecular flexibility index (Phi) is 5.09. The number of benzene rings is 2. The zero-order chi connectivity index (χ0) is 17.8. The van der Waals surface area contributed by atoms with Crippen LogP contribution in [-0.4, -0.2) is 55.3 Å². The summed E-state index contributed by atoms with van der Waals surface area (Å²) in [6.45, 7) is 2.51. The number of amides is 1. The molecule has 0 radical (unpaired) electrons. The van der Waals surface area contributed by atoms with Gasteiger partial charge in [0.15, 0.2) is 0 Å². The Balaban J connectivity index is 1.91. The largest absolute Gasteiger partial charge is 0.361 e. The summed E-state index contributed by atoms with van der Waals surface area (Å²) in [5.74, 6) is 0.0160. The highest BCUT2D eigenvalue weighted by Crippen LogP contribution is 2.23. The molecule has 0 bridgehead atoms. The molecular weight excluding hydrogens is 319 g/mol. The van der Waals surface area contributed by atoms with Gasteiger partial charge in [0.1, 0.15) is 11.7 Å². The van der Waals surface area contributed by atoms with E-state index in [1.807, 2.05) is 32.3 Å². The smallest absolute Gasteiger partial charge is 0.257 e. The minimum atomic E-state index is -0.462.